The van der Waals surface area contributed by atoms with E-state index in [4.69, 9.17) is 19.7 Å². The second kappa shape index (κ2) is 11.2. The van der Waals surface area contributed by atoms with Gasteiger partial charge in [0.1, 0.15) is 23.9 Å². The first-order valence-electron chi connectivity index (χ1n) is 12.8. The third-order valence-electron chi connectivity index (χ3n) is 6.91. The molecule has 2 heterocycles. The number of hydrogen-bond acceptors (Lipinski definition) is 8. The van der Waals surface area contributed by atoms with Crippen molar-refractivity contribution in [2.45, 2.75) is 45.9 Å². The molecule has 1 unspecified atom stereocenters. The first-order chi connectivity index (χ1) is 18.3. The van der Waals surface area contributed by atoms with Crippen molar-refractivity contribution < 1.29 is 18.6 Å². The lowest BCUT2D eigenvalue weighted by molar-refractivity contribution is 0.0760. The Morgan fingerprint density at radius 3 is 2.61 bits per heavy atom. The van der Waals surface area contributed by atoms with Gasteiger partial charge in [0.15, 0.2) is 11.5 Å². The van der Waals surface area contributed by atoms with E-state index in [1.54, 1.807) is 6.33 Å². The van der Waals surface area contributed by atoms with E-state index in [-0.39, 0.29) is 17.9 Å². The SMILES string of the molecule is Cc1ccccc1COCC1(CP(=O)(CO[C@H](C)Cn2cnc3c(N)ncnc32)Oc2ccccc2)CC1. The average molecular weight is 536 g/mol. The largest absolute Gasteiger partial charge is 0.441 e. The van der Waals surface area contributed by atoms with Crippen LogP contribution in [0.15, 0.2) is 67.3 Å². The lowest BCUT2D eigenvalue weighted by Crippen LogP contribution is -2.22. The van der Waals surface area contributed by atoms with Crippen molar-refractivity contribution in [2.75, 3.05) is 24.9 Å². The third kappa shape index (κ3) is 6.41. The molecular formula is C28H34N5O4P. The number of nitrogens with two attached hydrogens (primary N) is 1. The van der Waals surface area contributed by atoms with Gasteiger partial charge in [0, 0.05) is 11.6 Å². The van der Waals surface area contributed by atoms with E-state index < -0.39 is 7.37 Å². The topological polar surface area (TPSA) is 114 Å². The zero-order valence-electron chi connectivity index (χ0n) is 21.8. The number of nitrogen functional groups attached to an aromatic ring is 1. The summed E-state index contributed by atoms with van der Waals surface area (Å²) < 4.78 is 34.5. The summed E-state index contributed by atoms with van der Waals surface area (Å²) in [4.78, 5) is 12.6. The summed E-state index contributed by atoms with van der Waals surface area (Å²) in [6, 6.07) is 17.5. The summed E-state index contributed by atoms with van der Waals surface area (Å²) in [7, 11) is -3.19. The van der Waals surface area contributed by atoms with Crippen molar-refractivity contribution in [1.29, 1.82) is 0 Å². The van der Waals surface area contributed by atoms with Gasteiger partial charge in [-0.25, -0.2) is 15.0 Å². The Kier molecular flexibility index (Phi) is 7.79. The van der Waals surface area contributed by atoms with Crippen LogP contribution >= 0.6 is 7.37 Å². The van der Waals surface area contributed by atoms with Crippen molar-refractivity contribution >= 4 is 24.4 Å². The molecule has 0 radical (unpaired) electrons. The molecule has 38 heavy (non-hydrogen) atoms. The molecule has 200 valence electrons. The van der Waals surface area contributed by atoms with Gasteiger partial charge in [-0.15, -0.1) is 0 Å². The van der Waals surface area contributed by atoms with Gasteiger partial charge in [-0.2, -0.15) is 0 Å². The van der Waals surface area contributed by atoms with E-state index in [1.807, 2.05) is 54.0 Å². The second-order valence-electron chi connectivity index (χ2n) is 10.2. The van der Waals surface area contributed by atoms with Crippen LogP contribution in [0.4, 0.5) is 5.82 Å². The number of hydrogen-bond donors (Lipinski definition) is 1. The van der Waals surface area contributed by atoms with Gasteiger partial charge >= 0.3 is 0 Å². The lowest BCUT2D eigenvalue weighted by atomic mass is 10.1. The molecule has 5 rings (SSSR count). The molecule has 2 aromatic carbocycles. The maximum atomic E-state index is 14.2. The highest BCUT2D eigenvalue weighted by Crippen LogP contribution is 2.60. The van der Waals surface area contributed by atoms with Gasteiger partial charge in [0.25, 0.3) is 7.37 Å². The number of benzene rings is 2. The van der Waals surface area contributed by atoms with Crippen LogP contribution in [-0.2, 0) is 27.2 Å². The lowest BCUT2D eigenvalue weighted by Gasteiger charge is -2.26. The first kappa shape index (κ1) is 26.4. The van der Waals surface area contributed by atoms with E-state index in [9.17, 15) is 4.57 Å². The molecule has 2 atom stereocenters. The molecule has 1 aliphatic carbocycles. The van der Waals surface area contributed by atoms with Gasteiger partial charge in [-0.05, 0) is 49.9 Å². The van der Waals surface area contributed by atoms with Crippen molar-refractivity contribution in [3.63, 3.8) is 0 Å². The molecule has 1 aliphatic rings. The molecule has 4 aromatic rings. The van der Waals surface area contributed by atoms with E-state index in [2.05, 4.69) is 34.0 Å². The van der Waals surface area contributed by atoms with Gasteiger partial charge < -0.3 is 24.3 Å². The molecule has 0 aliphatic heterocycles. The molecule has 0 spiro atoms. The highest BCUT2D eigenvalue weighted by molar-refractivity contribution is 7.59. The number of nitrogens with zero attached hydrogens (tertiary/aromatic N) is 4. The smallest absolute Gasteiger partial charge is 0.273 e. The summed E-state index contributed by atoms with van der Waals surface area (Å²) >= 11 is 0. The Hall–Kier alpha value is -3.26. The van der Waals surface area contributed by atoms with Crippen LogP contribution in [0.5, 0.6) is 5.75 Å². The Labute approximate surface area is 222 Å². The molecular weight excluding hydrogens is 501 g/mol. The molecule has 10 heteroatoms. The molecule has 1 fully saturated rings. The van der Waals surface area contributed by atoms with Crippen molar-refractivity contribution in [1.82, 2.24) is 19.5 Å². The highest BCUT2D eigenvalue weighted by Gasteiger charge is 2.49. The zero-order valence-corrected chi connectivity index (χ0v) is 22.7. The summed E-state index contributed by atoms with van der Waals surface area (Å²) in [6.07, 6.45) is 5.16. The maximum absolute atomic E-state index is 14.2. The van der Waals surface area contributed by atoms with Crippen LogP contribution in [-0.4, -0.2) is 44.7 Å². The monoisotopic (exact) mass is 535 g/mol. The van der Waals surface area contributed by atoms with Crippen LogP contribution in [0.25, 0.3) is 11.2 Å². The molecule has 0 bridgehead atoms. The average Bonchev–Trinajstić information content (AvgIpc) is 3.53. The minimum absolute atomic E-state index is 0.00631. The fraction of sp³-hybridized carbons (Fsp3) is 0.393. The molecule has 0 amide bonds. The molecule has 2 N–H and O–H groups in total. The number of fused-ring (bicyclic) bond motifs is 1. The fourth-order valence-electron chi connectivity index (χ4n) is 4.57. The number of aromatic nitrogens is 4. The Balaban J connectivity index is 1.24. The van der Waals surface area contributed by atoms with E-state index in [0.29, 0.717) is 48.7 Å². The summed E-state index contributed by atoms with van der Waals surface area (Å²) in [6.45, 7) is 5.57. The van der Waals surface area contributed by atoms with Crippen molar-refractivity contribution in [3.05, 3.63) is 78.4 Å². The maximum Gasteiger partial charge on any atom is 0.273 e. The van der Waals surface area contributed by atoms with Crippen LogP contribution in [0.3, 0.4) is 0 Å². The van der Waals surface area contributed by atoms with E-state index >= 15 is 0 Å². The summed E-state index contributed by atoms with van der Waals surface area (Å²) in [5, 5.41) is 0. The van der Waals surface area contributed by atoms with Gasteiger partial charge in [-0.3, -0.25) is 4.57 Å². The predicted molar refractivity (Wildman–Crippen MR) is 147 cm³/mol. The summed E-state index contributed by atoms with van der Waals surface area (Å²) in [5.41, 5.74) is 9.32. The molecule has 9 nitrogen and oxygen atoms in total. The quantitative estimate of drug-likeness (QED) is 0.225. The standard InChI is InChI=1S/C28H34N5O4P/c1-21-8-6-7-9-23(21)15-35-16-28(12-13-28)17-38(34,37-24-10-4-3-5-11-24)20-36-22(2)14-33-19-32-25-26(29)30-18-31-27(25)33/h3-11,18-19,22H,12-17,20H2,1-2H3,(H2,29,30,31)/t22-,38?/m1/s1. The van der Waals surface area contributed by atoms with E-state index in [1.165, 1.54) is 17.5 Å². The Morgan fingerprint density at radius 1 is 1.08 bits per heavy atom. The van der Waals surface area contributed by atoms with Crippen LogP contribution in [0, 0.1) is 12.3 Å². The predicted octanol–water partition coefficient (Wildman–Crippen LogP) is 5.43. The fourth-order valence-corrected chi connectivity index (χ4v) is 7.19. The molecule has 2 aromatic heterocycles. The van der Waals surface area contributed by atoms with Crippen LogP contribution in [0.1, 0.15) is 30.9 Å². The van der Waals surface area contributed by atoms with Gasteiger partial charge in [-0.1, -0.05) is 42.5 Å². The van der Waals surface area contributed by atoms with Gasteiger partial charge in [0.2, 0.25) is 0 Å². The molecule has 0 saturated heterocycles. The van der Waals surface area contributed by atoms with Crippen molar-refractivity contribution in [2.24, 2.45) is 5.41 Å². The number of rotatable bonds is 13. The van der Waals surface area contributed by atoms with Gasteiger partial charge in [0.05, 0.1) is 32.2 Å². The number of para-hydroxylation sites is 1. The minimum Gasteiger partial charge on any atom is -0.441 e. The third-order valence-corrected chi connectivity index (χ3v) is 9.15. The van der Waals surface area contributed by atoms with E-state index in [0.717, 1.165) is 12.8 Å². The normalized spacial score (nSPS) is 16.7. The number of anilines is 1. The molecule has 1 saturated carbocycles. The number of ether oxygens (including phenoxy) is 2. The van der Waals surface area contributed by atoms with Crippen LogP contribution < -0.4 is 10.3 Å². The second-order valence-corrected chi connectivity index (χ2v) is 12.6. The number of imidazole rings is 1. The number of aryl methyl sites for hydroxylation is 1. The first-order valence-corrected chi connectivity index (χ1v) is 14.8. The minimum atomic E-state index is -3.19. The van der Waals surface area contributed by atoms with Crippen molar-refractivity contribution in [3.8, 4) is 5.75 Å². The zero-order chi connectivity index (χ0) is 26.6. The highest BCUT2D eigenvalue weighted by atomic mass is 31.2. The summed E-state index contributed by atoms with van der Waals surface area (Å²) in [5.74, 6) is 0.916. The van der Waals surface area contributed by atoms with Crippen LogP contribution in [0.2, 0.25) is 0 Å². The Bertz CT molecular complexity index is 1420. The Morgan fingerprint density at radius 2 is 1.84 bits per heavy atom.